The first-order valence-corrected chi connectivity index (χ1v) is 9.45. The van der Waals surface area contributed by atoms with Crippen molar-refractivity contribution in [2.45, 2.75) is 26.4 Å². The lowest BCUT2D eigenvalue weighted by molar-refractivity contribution is 0.0528. The minimum atomic E-state index is -0.518. The fourth-order valence-electron chi connectivity index (χ4n) is 1.97. The summed E-state index contributed by atoms with van der Waals surface area (Å²) < 4.78 is 6.01. The number of benzene rings is 1. The van der Waals surface area contributed by atoms with Gasteiger partial charge in [-0.1, -0.05) is 22.0 Å². The molecule has 8 nitrogen and oxygen atoms in total. The van der Waals surface area contributed by atoms with E-state index in [0.717, 1.165) is 4.47 Å². The van der Waals surface area contributed by atoms with E-state index in [0.29, 0.717) is 37.7 Å². The van der Waals surface area contributed by atoms with Gasteiger partial charge in [0.05, 0.1) is 0 Å². The maximum atomic E-state index is 12.0. The number of alkyl carbamates (subject to hydrolysis) is 1. The minimum absolute atomic E-state index is 0.136. The molecule has 27 heavy (non-hydrogen) atoms. The monoisotopic (exact) mass is 441 g/mol. The average molecular weight is 442 g/mol. The van der Waals surface area contributed by atoms with Crippen LogP contribution in [-0.4, -0.2) is 56.8 Å². The first-order chi connectivity index (χ1) is 12.7. The van der Waals surface area contributed by atoms with Crippen LogP contribution in [0, 0.1) is 0 Å². The van der Waals surface area contributed by atoms with Crippen LogP contribution >= 0.6 is 15.9 Å². The average Bonchev–Trinajstić information content (AvgIpc) is 2.58. The fourth-order valence-corrected chi connectivity index (χ4v) is 2.37. The molecule has 9 heteroatoms. The number of rotatable bonds is 7. The number of guanidine groups is 1. The van der Waals surface area contributed by atoms with Crippen LogP contribution in [-0.2, 0) is 4.74 Å². The third-order valence-corrected chi connectivity index (χ3v) is 3.59. The first kappa shape index (κ1) is 22.8. The van der Waals surface area contributed by atoms with E-state index in [-0.39, 0.29) is 5.91 Å². The van der Waals surface area contributed by atoms with Gasteiger partial charge < -0.3 is 26.0 Å². The summed E-state index contributed by atoms with van der Waals surface area (Å²) in [5.74, 6) is 0.445. The van der Waals surface area contributed by atoms with E-state index in [1.54, 1.807) is 19.2 Å². The van der Waals surface area contributed by atoms with E-state index in [4.69, 9.17) is 4.74 Å². The lowest BCUT2D eigenvalue weighted by atomic mass is 10.2. The van der Waals surface area contributed by atoms with Gasteiger partial charge in [0.25, 0.3) is 5.91 Å². The largest absolute Gasteiger partial charge is 0.444 e. The van der Waals surface area contributed by atoms with Crippen molar-refractivity contribution in [1.29, 1.82) is 0 Å². The van der Waals surface area contributed by atoms with Crippen molar-refractivity contribution in [1.82, 2.24) is 21.3 Å². The van der Waals surface area contributed by atoms with Gasteiger partial charge in [-0.2, -0.15) is 0 Å². The van der Waals surface area contributed by atoms with Crippen molar-refractivity contribution in [2.24, 2.45) is 4.99 Å². The van der Waals surface area contributed by atoms with Crippen molar-refractivity contribution in [3.63, 3.8) is 0 Å². The zero-order chi connectivity index (χ0) is 20.3. The van der Waals surface area contributed by atoms with E-state index >= 15 is 0 Å². The van der Waals surface area contributed by atoms with Gasteiger partial charge in [-0.15, -0.1) is 0 Å². The van der Waals surface area contributed by atoms with Gasteiger partial charge >= 0.3 is 6.09 Å². The van der Waals surface area contributed by atoms with Crippen LogP contribution in [0.25, 0.3) is 0 Å². The second-order valence-corrected chi connectivity index (χ2v) is 7.54. The molecule has 4 N–H and O–H groups in total. The SMILES string of the molecule is CN=C(NCCNC(=O)OC(C)(C)C)NCCNC(=O)c1cccc(Br)c1. The van der Waals surface area contributed by atoms with E-state index in [2.05, 4.69) is 42.2 Å². The van der Waals surface area contributed by atoms with Gasteiger partial charge in [0.2, 0.25) is 0 Å². The number of halogens is 1. The molecule has 0 aliphatic rings. The fraction of sp³-hybridized carbons (Fsp3) is 0.500. The number of hydrogen-bond donors (Lipinski definition) is 4. The van der Waals surface area contributed by atoms with Gasteiger partial charge in [-0.05, 0) is 39.0 Å². The smallest absolute Gasteiger partial charge is 0.407 e. The Labute approximate surface area is 168 Å². The third kappa shape index (κ3) is 10.4. The summed E-state index contributed by atoms with van der Waals surface area (Å²) in [6.07, 6.45) is -0.456. The Morgan fingerprint density at radius 1 is 1.04 bits per heavy atom. The number of carbonyl (C=O) groups is 2. The van der Waals surface area contributed by atoms with Crippen LogP contribution in [0.5, 0.6) is 0 Å². The van der Waals surface area contributed by atoms with Crippen molar-refractivity contribution in [3.8, 4) is 0 Å². The number of hydrogen-bond acceptors (Lipinski definition) is 4. The summed E-state index contributed by atoms with van der Waals surface area (Å²) in [7, 11) is 1.65. The predicted molar refractivity (Wildman–Crippen MR) is 110 cm³/mol. The van der Waals surface area contributed by atoms with E-state index in [1.165, 1.54) is 0 Å². The standard InChI is InChI=1S/C18H28BrN5O3/c1-18(2,3)27-17(26)24-11-10-23-16(20-4)22-9-8-21-15(25)13-6-5-7-14(19)12-13/h5-7,12H,8-11H2,1-4H3,(H,21,25)(H,24,26)(H2,20,22,23). The number of nitrogens with one attached hydrogen (secondary N) is 4. The van der Waals surface area contributed by atoms with Crippen LogP contribution < -0.4 is 21.3 Å². The summed E-state index contributed by atoms with van der Waals surface area (Å²) in [4.78, 5) is 27.6. The van der Waals surface area contributed by atoms with Gasteiger partial charge in [0, 0.05) is 43.3 Å². The van der Waals surface area contributed by atoms with E-state index in [9.17, 15) is 9.59 Å². The molecule has 2 amide bonds. The van der Waals surface area contributed by atoms with Crippen molar-refractivity contribution < 1.29 is 14.3 Å². The Bertz CT molecular complexity index is 659. The highest BCUT2D eigenvalue weighted by Gasteiger charge is 2.15. The summed E-state index contributed by atoms with van der Waals surface area (Å²) in [6.45, 7) is 7.28. The highest BCUT2D eigenvalue weighted by Crippen LogP contribution is 2.11. The maximum absolute atomic E-state index is 12.0. The Hall–Kier alpha value is -2.29. The quantitative estimate of drug-likeness (QED) is 0.293. The zero-order valence-electron chi connectivity index (χ0n) is 16.2. The van der Waals surface area contributed by atoms with Crippen molar-refractivity contribution >= 4 is 33.9 Å². The minimum Gasteiger partial charge on any atom is -0.444 e. The van der Waals surface area contributed by atoms with Crippen LogP contribution in [0.3, 0.4) is 0 Å². The van der Waals surface area contributed by atoms with E-state index in [1.807, 2.05) is 32.9 Å². The molecule has 0 unspecified atom stereocenters. The summed E-state index contributed by atoms with van der Waals surface area (Å²) >= 11 is 3.34. The van der Waals surface area contributed by atoms with E-state index < -0.39 is 11.7 Å². The number of aliphatic imine (C=N–C) groups is 1. The molecule has 1 aromatic carbocycles. The summed E-state index contributed by atoms with van der Waals surface area (Å²) in [6, 6.07) is 7.20. The molecule has 0 saturated heterocycles. The highest BCUT2D eigenvalue weighted by atomic mass is 79.9. The summed E-state index contributed by atoms with van der Waals surface area (Å²) in [5, 5.41) is 11.6. The third-order valence-electron chi connectivity index (χ3n) is 3.10. The zero-order valence-corrected chi connectivity index (χ0v) is 17.8. The molecule has 0 spiro atoms. The number of ether oxygens (including phenoxy) is 1. The second-order valence-electron chi connectivity index (χ2n) is 6.62. The second kappa shape index (κ2) is 11.4. The number of nitrogens with zero attached hydrogens (tertiary/aromatic N) is 1. The van der Waals surface area contributed by atoms with Crippen LogP contribution in [0.1, 0.15) is 31.1 Å². The van der Waals surface area contributed by atoms with Gasteiger partial charge in [0.1, 0.15) is 5.60 Å². The van der Waals surface area contributed by atoms with Crippen LogP contribution in [0.2, 0.25) is 0 Å². The molecular weight excluding hydrogens is 414 g/mol. The molecule has 0 fully saturated rings. The molecule has 150 valence electrons. The van der Waals surface area contributed by atoms with Crippen molar-refractivity contribution in [2.75, 3.05) is 33.2 Å². The first-order valence-electron chi connectivity index (χ1n) is 8.66. The van der Waals surface area contributed by atoms with Crippen molar-refractivity contribution in [3.05, 3.63) is 34.3 Å². The molecule has 0 heterocycles. The lowest BCUT2D eigenvalue weighted by Crippen LogP contribution is -2.44. The molecule has 0 aromatic heterocycles. The molecule has 0 atom stereocenters. The van der Waals surface area contributed by atoms with Crippen LogP contribution in [0.15, 0.2) is 33.7 Å². The predicted octanol–water partition coefficient (Wildman–Crippen LogP) is 1.87. The van der Waals surface area contributed by atoms with Gasteiger partial charge in [-0.3, -0.25) is 9.79 Å². The molecule has 0 bridgehead atoms. The molecule has 1 aromatic rings. The van der Waals surface area contributed by atoms with Crippen LogP contribution in [0.4, 0.5) is 4.79 Å². The highest BCUT2D eigenvalue weighted by molar-refractivity contribution is 9.10. The van der Waals surface area contributed by atoms with Gasteiger partial charge in [-0.25, -0.2) is 4.79 Å². The topological polar surface area (TPSA) is 104 Å². The molecule has 0 saturated carbocycles. The van der Waals surface area contributed by atoms with Gasteiger partial charge in [0.15, 0.2) is 5.96 Å². The molecular formula is C18H28BrN5O3. The Morgan fingerprint density at radius 3 is 2.19 bits per heavy atom. The summed E-state index contributed by atoms with van der Waals surface area (Å²) in [5.41, 5.74) is 0.0788. The molecule has 0 aliphatic heterocycles. The maximum Gasteiger partial charge on any atom is 0.407 e. The lowest BCUT2D eigenvalue weighted by Gasteiger charge is -2.20. The Morgan fingerprint density at radius 2 is 1.63 bits per heavy atom. The Balaban J connectivity index is 2.19. The Kier molecular flexibility index (Phi) is 9.63. The number of amides is 2. The molecule has 0 aliphatic carbocycles. The normalized spacial score (nSPS) is 11.5. The number of carbonyl (C=O) groups excluding carboxylic acids is 2. The molecule has 0 radical (unpaired) electrons. The molecule has 1 rings (SSSR count).